The molecule has 0 aliphatic rings. The van der Waals surface area contributed by atoms with Gasteiger partial charge >= 0.3 is 17.9 Å². The Kier molecular flexibility index (Phi) is 53.0. The molecule has 6 nitrogen and oxygen atoms in total. The van der Waals surface area contributed by atoms with Crippen molar-refractivity contribution in [2.45, 2.75) is 245 Å². The predicted molar refractivity (Wildman–Crippen MR) is 297 cm³/mol. The summed E-state index contributed by atoms with van der Waals surface area (Å²) in [6.45, 7) is 6.41. The zero-order valence-corrected chi connectivity index (χ0v) is 44.5. The Morgan fingerprint density at radius 2 is 0.638 bits per heavy atom. The van der Waals surface area contributed by atoms with Crippen molar-refractivity contribution in [1.82, 2.24) is 0 Å². The van der Waals surface area contributed by atoms with Gasteiger partial charge < -0.3 is 14.2 Å². The topological polar surface area (TPSA) is 78.9 Å². The average Bonchev–Trinajstić information content (AvgIpc) is 3.35. The molecule has 0 bridgehead atoms. The van der Waals surface area contributed by atoms with E-state index in [1.165, 1.54) is 77.0 Å². The molecule has 0 fully saturated rings. The van der Waals surface area contributed by atoms with Gasteiger partial charge in [-0.25, -0.2) is 0 Å². The van der Waals surface area contributed by atoms with Crippen molar-refractivity contribution in [3.05, 3.63) is 122 Å². The fraction of sp³-hybridized carbons (Fsp3) is 0.635. The van der Waals surface area contributed by atoms with Gasteiger partial charge in [0.2, 0.25) is 0 Å². The van der Waals surface area contributed by atoms with Gasteiger partial charge in [0.25, 0.3) is 0 Å². The summed E-state index contributed by atoms with van der Waals surface area (Å²) in [5, 5.41) is 0. The molecule has 390 valence electrons. The molecule has 0 radical (unpaired) electrons. The predicted octanol–water partition coefficient (Wildman–Crippen LogP) is 18.9. The van der Waals surface area contributed by atoms with Gasteiger partial charge in [-0.2, -0.15) is 0 Å². The van der Waals surface area contributed by atoms with Crippen LogP contribution in [0, 0.1) is 0 Å². The van der Waals surface area contributed by atoms with Crippen molar-refractivity contribution in [3.8, 4) is 0 Å². The van der Waals surface area contributed by atoms with Crippen LogP contribution in [-0.4, -0.2) is 37.2 Å². The quantitative estimate of drug-likeness (QED) is 0.0199. The molecular weight excluding hydrogens is 853 g/mol. The Labute approximate surface area is 424 Å². The number of hydrogen-bond donors (Lipinski definition) is 0. The second-order valence-corrected chi connectivity index (χ2v) is 18.2. The largest absolute Gasteiger partial charge is 0.462 e. The molecule has 6 heteroatoms. The summed E-state index contributed by atoms with van der Waals surface area (Å²) in [6, 6.07) is 0. The van der Waals surface area contributed by atoms with Crippen LogP contribution in [0.5, 0.6) is 0 Å². The molecule has 0 saturated carbocycles. The fourth-order valence-electron chi connectivity index (χ4n) is 7.29. The second-order valence-electron chi connectivity index (χ2n) is 18.2. The van der Waals surface area contributed by atoms with Gasteiger partial charge in [-0.1, -0.05) is 232 Å². The van der Waals surface area contributed by atoms with Gasteiger partial charge in [0.1, 0.15) is 13.2 Å². The minimum atomic E-state index is -0.831. The van der Waals surface area contributed by atoms with Crippen molar-refractivity contribution in [2.24, 2.45) is 0 Å². The number of carbonyl (C=O) groups excluding carboxylic acids is 3. The second kappa shape index (κ2) is 56.4. The molecule has 1 unspecified atom stereocenters. The van der Waals surface area contributed by atoms with Crippen LogP contribution in [0.4, 0.5) is 0 Å². The van der Waals surface area contributed by atoms with Crippen molar-refractivity contribution in [1.29, 1.82) is 0 Å². The maximum Gasteiger partial charge on any atom is 0.306 e. The average molecular weight is 956 g/mol. The molecule has 0 saturated heterocycles. The van der Waals surface area contributed by atoms with E-state index < -0.39 is 6.10 Å². The maximum absolute atomic E-state index is 12.8. The maximum atomic E-state index is 12.8. The van der Waals surface area contributed by atoms with Gasteiger partial charge in [-0.15, -0.1) is 0 Å². The highest BCUT2D eigenvalue weighted by Gasteiger charge is 2.19. The molecule has 0 aromatic rings. The normalized spacial score (nSPS) is 13.0. The Morgan fingerprint density at radius 1 is 0.319 bits per heavy atom. The molecule has 0 aliphatic carbocycles. The molecule has 0 heterocycles. The van der Waals surface area contributed by atoms with E-state index in [0.29, 0.717) is 19.3 Å². The molecule has 0 N–H and O–H groups in total. The summed E-state index contributed by atoms with van der Waals surface area (Å²) in [4.78, 5) is 38.1. The van der Waals surface area contributed by atoms with E-state index in [-0.39, 0.29) is 37.5 Å². The van der Waals surface area contributed by atoms with Crippen LogP contribution in [0.2, 0.25) is 0 Å². The number of esters is 3. The molecule has 1 atom stereocenters. The third-order valence-corrected chi connectivity index (χ3v) is 11.5. The van der Waals surface area contributed by atoms with Gasteiger partial charge in [0.05, 0.1) is 0 Å². The molecule has 0 spiro atoms. The highest BCUT2D eigenvalue weighted by atomic mass is 16.6. The zero-order valence-electron chi connectivity index (χ0n) is 44.5. The van der Waals surface area contributed by atoms with E-state index >= 15 is 0 Å². The minimum Gasteiger partial charge on any atom is -0.462 e. The number of unbranched alkanes of at least 4 members (excludes halogenated alkanes) is 21. The first-order chi connectivity index (χ1) is 34.0. The van der Waals surface area contributed by atoms with Crippen LogP contribution in [-0.2, 0) is 28.6 Å². The highest BCUT2D eigenvalue weighted by molar-refractivity contribution is 5.71. The van der Waals surface area contributed by atoms with Gasteiger partial charge in [-0.3, -0.25) is 14.4 Å². The number of carbonyl (C=O) groups is 3. The zero-order chi connectivity index (χ0) is 50.0. The molecule has 0 aromatic heterocycles. The van der Waals surface area contributed by atoms with Crippen LogP contribution < -0.4 is 0 Å². The Morgan fingerprint density at radius 3 is 1.06 bits per heavy atom. The molecule has 69 heavy (non-hydrogen) atoms. The first kappa shape index (κ1) is 64.8. The summed E-state index contributed by atoms with van der Waals surface area (Å²) < 4.78 is 16.8. The van der Waals surface area contributed by atoms with Crippen molar-refractivity contribution < 1.29 is 28.6 Å². The summed E-state index contributed by atoms with van der Waals surface area (Å²) in [7, 11) is 0. The lowest BCUT2D eigenvalue weighted by atomic mass is 10.1. The fourth-order valence-corrected chi connectivity index (χ4v) is 7.29. The SMILES string of the molecule is CC/C=C\C/C=C\C/C=C\C/C=C\C/C=C\CCCC(=O)OC(COC(=O)CCCCC/C=C\C=C/CCCCCCCCC)COC(=O)CCCCCCC\C=C/C=C\C=C/CCCCCCC. The van der Waals surface area contributed by atoms with E-state index in [1.54, 1.807) is 0 Å². The summed E-state index contributed by atoms with van der Waals surface area (Å²) >= 11 is 0. The van der Waals surface area contributed by atoms with Crippen molar-refractivity contribution >= 4 is 17.9 Å². The molecule has 0 amide bonds. The van der Waals surface area contributed by atoms with E-state index in [9.17, 15) is 14.4 Å². The lowest BCUT2D eigenvalue weighted by molar-refractivity contribution is -0.167. The third kappa shape index (κ3) is 54.6. The van der Waals surface area contributed by atoms with Crippen LogP contribution in [0.1, 0.15) is 239 Å². The standard InChI is InChI=1S/C63H102O6/c1-4-7-10-13-16-19-22-25-28-31-33-35-38-41-44-47-50-53-56-62(65)68-59-60(58-67-61(64)55-52-49-46-43-40-37-34-30-27-24-21-18-15-12-9-6-3)69-63(66)57-54-51-48-45-42-39-36-32-29-26-23-20-17-14-11-8-5-2/h8,11,17,20,22,25-26,28-31,33-37,39-40,45,48,60H,4-7,9-10,12-16,18-19,21,23-24,27,32,38,41-44,46-47,49-59H2,1-3H3/b11-8-,20-17-,25-22-,29-26-,31-28-,34-30-,35-33-,39-36-,40-37-,48-45-. The van der Waals surface area contributed by atoms with Crippen molar-refractivity contribution in [3.63, 3.8) is 0 Å². The number of rotatable bonds is 49. The minimum absolute atomic E-state index is 0.123. The highest BCUT2D eigenvalue weighted by Crippen LogP contribution is 2.12. The molecule has 0 aliphatic heterocycles. The van der Waals surface area contributed by atoms with Crippen molar-refractivity contribution in [2.75, 3.05) is 13.2 Å². The number of ether oxygens (including phenoxy) is 3. The van der Waals surface area contributed by atoms with Gasteiger partial charge in [-0.05, 0) is 109 Å². The summed E-state index contributed by atoms with van der Waals surface area (Å²) in [5.41, 5.74) is 0. The monoisotopic (exact) mass is 955 g/mol. The van der Waals surface area contributed by atoms with E-state index in [0.717, 1.165) is 116 Å². The van der Waals surface area contributed by atoms with E-state index in [4.69, 9.17) is 14.2 Å². The van der Waals surface area contributed by atoms with Crippen LogP contribution >= 0.6 is 0 Å². The Bertz CT molecular complexity index is 1470. The molecule has 0 rings (SSSR count). The lowest BCUT2D eigenvalue weighted by Crippen LogP contribution is -2.30. The van der Waals surface area contributed by atoms with Crippen LogP contribution in [0.3, 0.4) is 0 Å². The van der Waals surface area contributed by atoms with Gasteiger partial charge in [0.15, 0.2) is 6.10 Å². The Balaban J connectivity index is 4.58. The first-order valence-electron chi connectivity index (χ1n) is 28.1. The van der Waals surface area contributed by atoms with Crippen LogP contribution in [0.15, 0.2) is 122 Å². The third-order valence-electron chi connectivity index (χ3n) is 11.5. The smallest absolute Gasteiger partial charge is 0.306 e. The summed E-state index contributed by atoms with van der Waals surface area (Å²) in [6.07, 6.45) is 77.6. The molecular formula is C63H102O6. The Hall–Kier alpha value is -4.19. The molecule has 0 aromatic carbocycles. The number of hydrogen-bond acceptors (Lipinski definition) is 6. The van der Waals surface area contributed by atoms with E-state index in [2.05, 4.69) is 142 Å². The van der Waals surface area contributed by atoms with E-state index in [1.807, 2.05) is 0 Å². The summed E-state index contributed by atoms with van der Waals surface area (Å²) in [5.74, 6) is -1.03. The number of allylic oxidation sites excluding steroid dienone is 20. The first-order valence-corrected chi connectivity index (χ1v) is 28.1. The van der Waals surface area contributed by atoms with Gasteiger partial charge in [0, 0.05) is 19.3 Å². The lowest BCUT2D eigenvalue weighted by Gasteiger charge is -2.18. The van der Waals surface area contributed by atoms with Crippen LogP contribution in [0.25, 0.3) is 0 Å².